The van der Waals surface area contributed by atoms with Crippen molar-refractivity contribution in [3.63, 3.8) is 0 Å². The van der Waals surface area contributed by atoms with Gasteiger partial charge in [-0.1, -0.05) is 17.3 Å². The van der Waals surface area contributed by atoms with Gasteiger partial charge in [0.1, 0.15) is 11.4 Å². The van der Waals surface area contributed by atoms with Crippen LogP contribution in [0.25, 0.3) is 11.0 Å². The summed E-state index contributed by atoms with van der Waals surface area (Å²) in [6.07, 6.45) is 1.72. The number of amides is 1. The van der Waals surface area contributed by atoms with Crippen LogP contribution in [0, 0.1) is 0 Å². The summed E-state index contributed by atoms with van der Waals surface area (Å²) in [7, 11) is 7.45. The smallest absolute Gasteiger partial charge is 0.230 e. The predicted octanol–water partition coefficient (Wildman–Crippen LogP) is 1.93. The Hall–Kier alpha value is -3.16. The standard InChI is InChI=1S/C17H20N6O2/c1-22(2)16-13(10-18-17(20-16)23(3)4)19-15(24)9-12-11-7-5-6-8-14(11)25-21-12/h5-8,10H,9H2,1-4H3,(H,19,24). The Morgan fingerprint density at radius 1 is 1.16 bits per heavy atom. The molecule has 0 atom stereocenters. The fourth-order valence-corrected chi connectivity index (χ4v) is 2.42. The molecule has 0 aliphatic carbocycles. The zero-order chi connectivity index (χ0) is 18.0. The summed E-state index contributed by atoms with van der Waals surface area (Å²) >= 11 is 0. The number of aromatic nitrogens is 3. The Morgan fingerprint density at radius 2 is 1.92 bits per heavy atom. The molecule has 0 radical (unpaired) electrons. The van der Waals surface area contributed by atoms with Crippen LogP contribution in [0.2, 0.25) is 0 Å². The third kappa shape index (κ3) is 3.52. The van der Waals surface area contributed by atoms with E-state index < -0.39 is 0 Å². The Kier molecular flexibility index (Phi) is 4.51. The van der Waals surface area contributed by atoms with E-state index in [-0.39, 0.29) is 12.3 Å². The van der Waals surface area contributed by atoms with Crippen LogP contribution in [0.15, 0.2) is 35.0 Å². The van der Waals surface area contributed by atoms with E-state index in [1.165, 1.54) is 0 Å². The summed E-state index contributed by atoms with van der Waals surface area (Å²) in [5.41, 5.74) is 1.82. The van der Waals surface area contributed by atoms with Crippen molar-refractivity contribution in [2.24, 2.45) is 0 Å². The summed E-state index contributed by atoms with van der Waals surface area (Å²) in [5.74, 6) is 1.00. The number of carbonyl (C=O) groups excluding carboxylic acids is 1. The minimum Gasteiger partial charge on any atom is -0.361 e. The maximum Gasteiger partial charge on any atom is 0.230 e. The zero-order valence-electron chi connectivity index (χ0n) is 14.6. The van der Waals surface area contributed by atoms with Crippen LogP contribution in [0.1, 0.15) is 5.69 Å². The van der Waals surface area contributed by atoms with E-state index in [1.807, 2.05) is 57.4 Å². The molecule has 0 unspecified atom stereocenters. The minimum atomic E-state index is -0.205. The van der Waals surface area contributed by atoms with Crippen LogP contribution < -0.4 is 15.1 Å². The van der Waals surface area contributed by atoms with Gasteiger partial charge in [-0.25, -0.2) is 4.98 Å². The topological polar surface area (TPSA) is 87.4 Å². The van der Waals surface area contributed by atoms with Gasteiger partial charge in [0, 0.05) is 33.6 Å². The van der Waals surface area contributed by atoms with Crippen molar-refractivity contribution in [1.29, 1.82) is 0 Å². The highest BCUT2D eigenvalue weighted by Crippen LogP contribution is 2.24. The van der Waals surface area contributed by atoms with Crippen LogP contribution in [-0.4, -0.2) is 49.2 Å². The molecular formula is C17H20N6O2. The fourth-order valence-electron chi connectivity index (χ4n) is 2.42. The van der Waals surface area contributed by atoms with E-state index in [4.69, 9.17) is 4.52 Å². The number of benzene rings is 1. The number of nitrogens with zero attached hydrogens (tertiary/aromatic N) is 5. The van der Waals surface area contributed by atoms with Gasteiger partial charge >= 0.3 is 0 Å². The Labute approximate surface area is 145 Å². The Morgan fingerprint density at radius 3 is 2.64 bits per heavy atom. The summed E-state index contributed by atoms with van der Waals surface area (Å²) in [6, 6.07) is 7.46. The van der Waals surface area contributed by atoms with Crippen LogP contribution in [0.5, 0.6) is 0 Å². The molecule has 8 nitrogen and oxygen atoms in total. The lowest BCUT2D eigenvalue weighted by Crippen LogP contribution is -2.21. The Balaban J connectivity index is 1.81. The molecular weight excluding hydrogens is 320 g/mol. The second-order valence-corrected chi connectivity index (χ2v) is 6.05. The number of rotatable bonds is 5. The number of hydrogen-bond donors (Lipinski definition) is 1. The van der Waals surface area contributed by atoms with Gasteiger partial charge in [0.2, 0.25) is 11.9 Å². The molecule has 0 aliphatic rings. The molecule has 0 spiro atoms. The number of nitrogens with one attached hydrogen (secondary N) is 1. The monoisotopic (exact) mass is 340 g/mol. The molecule has 0 aliphatic heterocycles. The molecule has 2 aromatic heterocycles. The average molecular weight is 340 g/mol. The van der Waals surface area contributed by atoms with Gasteiger partial charge in [-0.3, -0.25) is 4.79 Å². The van der Waals surface area contributed by atoms with Gasteiger partial charge in [0.25, 0.3) is 0 Å². The summed E-state index contributed by atoms with van der Waals surface area (Å²) in [6.45, 7) is 0. The predicted molar refractivity (Wildman–Crippen MR) is 97.0 cm³/mol. The van der Waals surface area contributed by atoms with Crippen LogP contribution in [0.4, 0.5) is 17.5 Å². The summed E-state index contributed by atoms with van der Waals surface area (Å²) in [4.78, 5) is 24.8. The van der Waals surface area contributed by atoms with Gasteiger partial charge in [0.15, 0.2) is 11.4 Å². The molecule has 1 N–H and O–H groups in total. The average Bonchev–Trinajstić information content (AvgIpc) is 2.98. The number of fused-ring (bicyclic) bond motifs is 1. The third-order valence-corrected chi connectivity index (χ3v) is 3.63. The van der Waals surface area contributed by atoms with E-state index in [0.29, 0.717) is 28.7 Å². The molecule has 3 aromatic rings. The first-order chi connectivity index (χ1) is 12.0. The third-order valence-electron chi connectivity index (χ3n) is 3.63. The van der Waals surface area contributed by atoms with Gasteiger partial charge < -0.3 is 19.6 Å². The highest BCUT2D eigenvalue weighted by Gasteiger charge is 2.16. The van der Waals surface area contributed by atoms with Crippen molar-refractivity contribution >= 4 is 34.3 Å². The highest BCUT2D eigenvalue weighted by molar-refractivity contribution is 5.96. The normalized spacial score (nSPS) is 10.7. The molecule has 25 heavy (non-hydrogen) atoms. The largest absolute Gasteiger partial charge is 0.361 e. The molecule has 1 amide bonds. The highest BCUT2D eigenvalue weighted by atomic mass is 16.5. The molecule has 0 saturated carbocycles. The first-order valence-corrected chi connectivity index (χ1v) is 7.80. The molecule has 0 fully saturated rings. The second kappa shape index (κ2) is 6.76. The SMILES string of the molecule is CN(C)c1ncc(NC(=O)Cc2noc3ccccc23)c(N(C)C)n1. The van der Waals surface area contributed by atoms with Crippen molar-refractivity contribution in [2.75, 3.05) is 43.3 Å². The molecule has 0 bridgehead atoms. The number of anilines is 3. The Bertz CT molecular complexity index is 903. The molecule has 0 saturated heterocycles. The minimum absolute atomic E-state index is 0.110. The molecule has 3 rings (SSSR count). The zero-order valence-corrected chi connectivity index (χ0v) is 14.6. The lowest BCUT2D eigenvalue weighted by atomic mass is 10.1. The summed E-state index contributed by atoms with van der Waals surface area (Å²) < 4.78 is 5.24. The maximum absolute atomic E-state index is 12.4. The van der Waals surface area contributed by atoms with Crippen molar-refractivity contribution in [2.45, 2.75) is 6.42 Å². The number of hydrogen-bond acceptors (Lipinski definition) is 7. The van der Waals surface area contributed by atoms with Gasteiger partial charge in [-0.05, 0) is 12.1 Å². The van der Waals surface area contributed by atoms with E-state index in [0.717, 1.165) is 5.39 Å². The quantitative estimate of drug-likeness (QED) is 0.759. The molecule has 1 aromatic carbocycles. The maximum atomic E-state index is 12.4. The lowest BCUT2D eigenvalue weighted by molar-refractivity contribution is -0.115. The first-order valence-electron chi connectivity index (χ1n) is 7.80. The fraction of sp³-hybridized carbons (Fsp3) is 0.294. The lowest BCUT2D eigenvalue weighted by Gasteiger charge is -2.19. The van der Waals surface area contributed by atoms with E-state index in [9.17, 15) is 4.79 Å². The van der Waals surface area contributed by atoms with Crippen LogP contribution >= 0.6 is 0 Å². The van der Waals surface area contributed by atoms with Gasteiger partial charge in [0.05, 0.1) is 12.6 Å². The molecule has 2 heterocycles. The van der Waals surface area contributed by atoms with Crippen molar-refractivity contribution in [3.05, 3.63) is 36.2 Å². The number of carbonyl (C=O) groups is 1. The first kappa shape index (κ1) is 16.7. The van der Waals surface area contributed by atoms with E-state index in [2.05, 4.69) is 20.4 Å². The van der Waals surface area contributed by atoms with Crippen LogP contribution in [-0.2, 0) is 11.2 Å². The molecule has 8 heteroatoms. The van der Waals surface area contributed by atoms with Gasteiger partial charge in [-0.2, -0.15) is 4.98 Å². The summed E-state index contributed by atoms with van der Waals surface area (Å²) in [5, 5.41) is 7.68. The van der Waals surface area contributed by atoms with Gasteiger partial charge in [-0.15, -0.1) is 0 Å². The van der Waals surface area contributed by atoms with Crippen molar-refractivity contribution in [1.82, 2.24) is 15.1 Å². The van der Waals surface area contributed by atoms with Crippen molar-refractivity contribution < 1.29 is 9.32 Å². The van der Waals surface area contributed by atoms with E-state index >= 15 is 0 Å². The van der Waals surface area contributed by atoms with Crippen LogP contribution in [0.3, 0.4) is 0 Å². The molecule has 130 valence electrons. The second-order valence-electron chi connectivity index (χ2n) is 6.05. The van der Waals surface area contributed by atoms with E-state index in [1.54, 1.807) is 11.1 Å². The number of para-hydroxylation sites is 1. The van der Waals surface area contributed by atoms with Crippen molar-refractivity contribution in [3.8, 4) is 0 Å².